The SMILES string of the molecule is COC1CC(C#N)N(C(=O)OC(C)(C)C)C1. The molecule has 5 heteroatoms. The normalized spacial score (nSPS) is 25.3. The predicted molar refractivity (Wildman–Crippen MR) is 57.8 cm³/mol. The molecule has 1 heterocycles. The second-order valence-corrected chi connectivity index (χ2v) is 4.87. The number of nitriles is 1. The van der Waals surface area contributed by atoms with Crippen LogP contribution in [0.2, 0.25) is 0 Å². The van der Waals surface area contributed by atoms with Crippen LogP contribution in [0, 0.1) is 11.3 Å². The van der Waals surface area contributed by atoms with E-state index < -0.39 is 17.7 Å². The van der Waals surface area contributed by atoms with Crippen molar-refractivity contribution in [1.82, 2.24) is 4.90 Å². The lowest BCUT2D eigenvalue weighted by molar-refractivity contribution is 0.0224. The first-order chi connectivity index (χ1) is 7.37. The molecule has 0 aromatic carbocycles. The summed E-state index contributed by atoms with van der Waals surface area (Å²) in [4.78, 5) is 13.2. The van der Waals surface area contributed by atoms with Gasteiger partial charge in [0, 0.05) is 13.5 Å². The van der Waals surface area contributed by atoms with Gasteiger partial charge in [-0.05, 0) is 20.8 Å². The van der Waals surface area contributed by atoms with E-state index in [1.807, 2.05) is 0 Å². The molecule has 2 unspecified atom stereocenters. The van der Waals surface area contributed by atoms with E-state index in [1.165, 1.54) is 4.90 Å². The molecule has 1 fully saturated rings. The smallest absolute Gasteiger partial charge is 0.411 e. The number of ether oxygens (including phenoxy) is 2. The van der Waals surface area contributed by atoms with Crippen LogP contribution in [0.1, 0.15) is 27.2 Å². The first-order valence-corrected chi connectivity index (χ1v) is 5.29. The van der Waals surface area contributed by atoms with Crippen LogP contribution in [0.3, 0.4) is 0 Å². The van der Waals surface area contributed by atoms with E-state index in [9.17, 15) is 4.79 Å². The third-order valence-electron chi connectivity index (χ3n) is 2.37. The van der Waals surface area contributed by atoms with Gasteiger partial charge < -0.3 is 9.47 Å². The Morgan fingerprint density at radius 3 is 2.56 bits per heavy atom. The third kappa shape index (κ3) is 3.11. The van der Waals surface area contributed by atoms with Crippen LogP contribution in [0.4, 0.5) is 4.79 Å². The summed E-state index contributed by atoms with van der Waals surface area (Å²) in [6, 6.07) is 1.65. The molecular formula is C11H18N2O3. The van der Waals surface area contributed by atoms with Crippen LogP contribution in [-0.2, 0) is 9.47 Å². The van der Waals surface area contributed by atoms with Gasteiger partial charge in [-0.15, -0.1) is 0 Å². The van der Waals surface area contributed by atoms with Crippen LogP contribution in [-0.4, -0.2) is 42.4 Å². The van der Waals surface area contributed by atoms with Crippen molar-refractivity contribution in [3.05, 3.63) is 0 Å². The summed E-state index contributed by atoms with van der Waals surface area (Å²) in [5.41, 5.74) is -0.539. The number of nitrogens with zero attached hydrogens (tertiary/aromatic N) is 2. The summed E-state index contributed by atoms with van der Waals surface area (Å²) in [6.07, 6.45) is 0.0301. The van der Waals surface area contributed by atoms with Gasteiger partial charge in [0.05, 0.1) is 18.7 Å². The topological polar surface area (TPSA) is 62.6 Å². The zero-order valence-electron chi connectivity index (χ0n) is 10.2. The quantitative estimate of drug-likeness (QED) is 0.680. The van der Waals surface area contributed by atoms with Gasteiger partial charge in [-0.3, -0.25) is 4.90 Å². The van der Waals surface area contributed by atoms with E-state index in [0.29, 0.717) is 13.0 Å². The Balaban J connectivity index is 2.65. The Bertz CT molecular complexity index is 303. The molecule has 0 N–H and O–H groups in total. The fraction of sp³-hybridized carbons (Fsp3) is 0.818. The van der Waals surface area contributed by atoms with Crippen molar-refractivity contribution in [3.63, 3.8) is 0 Å². The fourth-order valence-electron chi connectivity index (χ4n) is 1.61. The lowest BCUT2D eigenvalue weighted by atomic mass is 10.2. The highest BCUT2D eigenvalue weighted by Gasteiger charge is 2.37. The van der Waals surface area contributed by atoms with E-state index in [4.69, 9.17) is 14.7 Å². The number of hydrogen-bond acceptors (Lipinski definition) is 4. The van der Waals surface area contributed by atoms with Crippen LogP contribution >= 0.6 is 0 Å². The lowest BCUT2D eigenvalue weighted by Crippen LogP contribution is -2.39. The summed E-state index contributed by atoms with van der Waals surface area (Å²) in [7, 11) is 1.58. The van der Waals surface area contributed by atoms with Gasteiger partial charge in [-0.25, -0.2) is 4.79 Å². The zero-order valence-corrected chi connectivity index (χ0v) is 10.2. The molecule has 1 saturated heterocycles. The van der Waals surface area contributed by atoms with Gasteiger partial charge in [0.15, 0.2) is 0 Å². The maximum atomic E-state index is 11.8. The Hall–Kier alpha value is -1.28. The standard InChI is InChI=1S/C11H18N2O3/c1-11(2,3)16-10(14)13-7-9(15-4)5-8(13)6-12/h8-9H,5,7H2,1-4H3. The number of methoxy groups -OCH3 is 1. The number of carbonyl (C=O) groups excluding carboxylic acids is 1. The maximum absolute atomic E-state index is 11.8. The second-order valence-electron chi connectivity index (χ2n) is 4.87. The molecule has 90 valence electrons. The minimum Gasteiger partial charge on any atom is -0.444 e. The largest absolute Gasteiger partial charge is 0.444 e. The Labute approximate surface area is 95.9 Å². The van der Waals surface area contributed by atoms with Crippen molar-refractivity contribution in [3.8, 4) is 6.07 Å². The number of likely N-dealkylation sites (tertiary alicyclic amines) is 1. The molecule has 0 aromatic heterocycles. The molecule has 0 saturated carbocycles. The molecule has 0 aliphatic carbocycles. The van der Waals surface area contributed by atoms with Gasteiger partial charge in [-0.1, -0.05) is 0 Å². The van der Waals surface area contributed by atoms with Gasteiger partial charge >= 0.3 is 6.09 Å². The van der Waals surface area contributed by atoms with Crippen LogP contribution in [0.15, 0.2) is 0 Å². The molecule has 0 spiro atoms. The average Bonchev–Trinajstić information content (AvgIpc) is 2.58. The first-order valence-electron chi connectivity index (χ1n) is 5.29. The highest BCUT2D eigenvalue weighted by Crippen LogP contribution is 2.22. The molecular weight excluding hydrogens is 208 g/mol. The summed E-state index contributed by atoms with van der Waals surface area (Å²) < 4.78 is 10.4. The summed E-state index contributed by atoms with van der Waals surface area (Å²) in [5, 5.41) is 8.94. The van der Waals surface area contributed by atoms with Crippen molar-refractivity contribution < 1.29 is 14.3 Å². The van der Waals surface area contributed by atoms with E-state index >= 15 is 0 Å². The molecule has 0 radical (unpaired) electrons. The van der Waals surface area contributed by atoms with E-state index in [-0.39, 0.29) is 6.10 Å². The van der Waals surface area contributed by atoms with Crippen molar-refractivity contribution in [2.75, 3.05) is 13.7 Å². The lowest BCUT2D eigenvalue weighted by Gasteiger charge is -2.25. The Morgan fingerprint density at radius 2 is 2.12 bits per heavy atom. The van der Waals surface area contributed by atoms with Crippen molar-refractivity contribution in [2.45, 2.75) is 44.9 Å². The molecule has 0 bridgehead atoms. The minimum absolute atomic E-state index is 0.0721. The molecule has 0 aromatic rings. The first kappa shape index (κ1) is 12.8. The average molecular weight is 226 g/mol. The Kier molecular flexibility index (Phi) is 3.76. The Morgan fingerprint density at radius 1 is 1.50 bits per heavy atom. The second kappa shape index (κ2) is 4.71. The molecule has 1 aliphatic rings. The third-order valence-corrected chi connectivity index (χ3v) is 2.37. The molecule has 1 rings (SSSR count). The van der Waals surface area contributed by atoms with E-state index in [1.54, 1.807) is 27.9 Å². The molecule has 5 nitrogen and oxygen atoms in total. The molecule has 2 atom stereocenters. The summed E-state index contributed by atoms with van der Waals surface area (Å²) >= 11 is 0. The number of amides is 1. The molecule has 1 aliphatic heterocycles. The molecule has 16 heavy (non-hydrogen) atoms. The number of rotatable bonds is 1. The number of hydrogen-bond donors (Lipinski definition) is 0. The minimum atomic E-state index is -0.539. The fourth-order valence-corrected chi connectivity index (χ4v) is 1.61. The highest BCUT2D eigenvalue weighted by atomic mass is 16.6. The summed E-state index contributed by atoms with van der Waals surface area (Å²) in [5.74, 6) is 0. The van der Waals surface area contributed by atoms with Crippen LogP contribution in [0.25, 0.3) is 0 Å². The van der Waals surface area contributed by atoms with Crippen molar-refractivity contribution in [2.24, 2.45) is 0 Å². The van der Waals surface area contributed by atoms with Gasteiger partial charge in [0.1, 0.15) is 11.6 Å². The monoisotopic (exact) mass is 226 g/mol. The van der Waals surface area contributed by atoms with Crippen molar-refractivity contribution in [1.29, 1.82) is 5.26 Å². The number of carbonyl (C=O) groups is 1. The van der Waals surface area contributed by atoms with Gasteiger partial charge in [0.2, 0.25) is 0 Å². The summed E-state index contributed by atoms with van der Waals surface area (Å²) in [6.45, 7) is 5.83. The zero-order chi connectivity index (χ0) is 12.3. The van der Waals surface area contributed by atoms with Crippen LogP contribution < -0.4 is 0 Å². The molecule has 1 amide bonds. The van der Waals surface area contributed by atoms with Crippen molar-refractivity contribution >= 4 is 6.09 Å². The maximum Gasteiger partial charge on any atom is 0.411 e. The predicted octanol–water partition coefficient (Wildman–Crippen LogP) is 1.53. The van der Waals surface area contributed by atoms with E-state index in [0.717, 1.165) is 0 Å². The van der Waals surface area contributed by atoms with Gasteiger partial charge in [0.25, 0.3) is 0 Å². The van der Waals surface area contributed by atoms with Gasteiger partial charge in [-0.2, -0.15) is 5.26 Å². The van der Waals surface area contributed by atoms with Crippen LogP contribution in [0.5, 0.6) is 0 Å². The highest BCUT2D eigenvalue weighted by molar-refractivity contribution is 5.69. The van der Waals surface area contributed by atoms with E-state index in [2.05, 4.69) is 6.07 Å².